The Morgan fingerprint density at radius 1 is 1.44 bits per heavy atom. The molecule has 0 fully saturated rings. The highest BCUT2D eigenvalue weighted by Crippen LogP contribution is 2.08. The molecular formula is C13H21N3O2. The maximum absolute atomic E-state index is 11.4. The molecule has 0 radical (unpaired) electrons. The Labute approximate surface area is 108 Å². The van der Waals surface area contributed by atoms with E-state index >= 15 is 0 Å². The molecule has 0 aliphatic carbocycles. The lowest BCUT2D eigenvalue weighted by Gasteiger charge is -2.19. The second kappa shape index (κ2) is 7.79. The van der Waals surface area contributed by atoms with Crippen LogP contribution in [-0.2, 0) is 16.0 Å². The second-order valence-corrected chi connectivity index (χ2v) is 4.50. The van der Waals surface area contributed by atoms with E-state index in [9.17, 15) is 4.79 Å². The Kier molecular flexibility index (Phi) is 6.32. The molecule has 0 spiro atoms. The van der Waals surface area contributed by atoms with Gasteiger partial charge in [-0.3, -0.25) is 15.2 Å². The summed E-state index contributed by atoms with van der Waals surface area (Å²) in [4.78, 5) is 15.4. The molecule has 0 aliphatic heterocycles. The Hall–Kier alpha value is -1.46. The molecule has 0 saturated carbocycles. The van der Waals surface area contributed by atoms with Gasteiger partial charge in [0.05, 0.1) is 0 Å². The van der Waals surface area contributed by atoms with E-state index < -0.39 is 6.10 Å². The van der Waals surface area contributed by atoms with Gasteiger partial charge in [-0.05, 0) is 36.5 Å². The molecule has 0 saturated heterocycles. The summed E-state index contributed by atoms with van der Waals surface area (Å²) in [5, 5.41) is 0. The number of aromatic nitrogens is 1. The van der Waals surface area contributed by atoms with E-state index in [1.54, 1.807) is 12.4 Å². The standard InChI is InChI=1S/C13H21N3O2/c1-10(2)12(13(17)16-14)18-9-3-4-11-5-7-15-8-6-11/h5-8,10,12H,3-4,9,14H2,1-2H3,(H,16,17). The predicted octanol–water partition coefficient (Wildman–Crippen LogP) is 1.05. The van der Waals surface area contributed by atoms with Gasteiger partial charge in [-0.1, -0.05) is 13.8 Å². The maximum atomic E-state index is 11.4. The van der Waals surface area contributed by atoms with Crippen LogP contribution in [0.2, 0.25) is 0 Å². The number of ether oxygens (including phenoxy) is 1. The summed E-state index contributed by atoms with van der Waals surface area (Å²) in [7, 11) is 0. The van der Waals surface area contributed by atoms with Crippen molar-refractivity contribution in [2.24, 2.45) is 11.8 Å². The number of nitrogens with zero attached hydrogens (tertiary/aromatic N) is 1. The maximum Gasteiger partial charge on any atom is 0.263 e. The third-order valence-corrected chi connectivity index (χ3v) is 2.66. The Morgan fingerprint density at radius 3 is 2.67 bits per heavy atom. The van der Waals surface area contributed by atoms with Crippen molar-refractivity contribution in [2.75, 3.05) is 6.61 Å². The molecule has 1 atom stereocenters. The first-order valence-electron chi connectivity index (χ1n) is 6.16. The number of carbonyl (C=O) groups is 1. The number of nitrogens with one attached hydrogen (secondary N) is 1. The van der Waals surface area contributed by atoms with Gasteiger partial charge in [0.15, 0.2) is 0 Å². The highest BCUT2D eigenvalue weighted by atomic mass is 16.5. The summed E-state index contributed by atoms with van der Waals surface area (Å²) < 4.78 is 5.57. The van der Waals surface area contributed by atoms with E-state index in [2.05, 4.69) is 10.4 Å². The van der Waals surface area contributed by atoms with Crippen LogP contribution in [0, 0.1) is 5.92 Å². The number of aryl methyl sites for hydroxylation is 1. The van der Waals surface area contributed by atoms with Crippen molar-refractivity contribution < 1.29 is 9.53 Å². The van der Waals surface area contributed by atoms with Gasteiger partial charge in [-0.25, -0.2) is 5.84 Å². The van der Waals surface area contributed by atoms with E-state index in [4.69, 9.17) is 10.6 Å². The molecule has 1 amide bonds. The largest absolute Gasteiger partial charge is 0.368 e. The minimum Gasteiger partial charge on any atom is -0.368 e. The highest BCUT2D eigenvalue weighted by molar-refractivity contribution is 5.80. The van der Waals surface area contributed by atoms with Crippen molar-refractivity contribution in [1.82, 2.24) is 10.4 Å². The smallest absolute Gasteiger partial charge is 0.263 e. The first-order chi connectivity index (χ1) is 8.65. The van der Waals surface area contributed by atoms with E-state index in [0.29, 0.717) is 6.61 Å². The fourth-order valence-electron chi connectivity index (χ4n) is 1.69. The molecule has 1 unspecified atom stereocenters. The molecule has 0 aromatic carbocycles. The van der Waals surface area contributed by atoms with Gasteiger partial charge in [0.25, 0.3) is 5.91 Å². The lowest BCUT2D eigenvalue weighted by atomic mass is 10.1. The van der Waals surface area contributed by atoms with Gasteiger partial charge >= 0.3 is 0 Å². The summed E-state index contributed by atoms with van der Waals surface area (Å²) in [6.45, 7) is 4.41. The third-order valence-electron chi connectivity index (χ3n) is 2.66. The van der Waals surface area contributed by atoms with Crippen LogP contribution < -0.4 is 11.3 Å². The zero-order chi connectivity index (χ0) is 13.4. The van der Waals surface area contributed by atoms with Gasteiger partial charge in [0, 0.05) is 19.0 Å². The number of pyridine rings is 1. The minimum absolute atomic E-state index is 0.106. The van der Waals surface area contributed by atoms with Crippen LogP contribution in [0.1, 0.15) is 25.8 Å². The van der Waals surface area contributed by atoms with Crippen LogP contribution in [0.4, 0.5) is 0 Å². The molecule has 5 heteroatoms. The Bertz CT molecular complexity index is 355. The predicted molar refractivity (Wildman–Crippen MR) is 69.5 cm³/mol. The lowest BCUT2D eigenvalue weighted by Crippen LogP contribution is -2.43. The van der Waals surface area contributed by atoms with Gasteiger partial charge in [-0.15, -0.1) is 0 Å². The number of rotatable bonds is 7. The average molecular weight is 251 g/mol. The van der Waals surface area contributed by atoms with E-state index in [0.717, 1.165) is 12.8 Å². The van der Waals surface area contributed by atoms with Gasteiger partial charge in [0.2, 0.25) is 0 Å². The number of nitrogens with two attached hydrogens (primary N) is 1. The summed E-state index contributed by atoms with van der Waals surface area (Å²) >= 11 is 0. The van der Waals surface area contributed by atoms with Gasteiger partial charge in [-0.2, -0.15) is 0 Å². The zero-order valence-electron chi connectivity index (χ0n) is 10.9. The van der Waals surface area contributed by atoms with Gasteiger partial charge in [0.1, 0.15) is 6.10 Å². The van der Waals surface area contributed by atoms with E-state index in [1.165, 1.54) is 5.56 Å². The van der Waals surface area contributed by atoms with Crippen molar-refractivity contribution >= 4 is 5.91 Å². The Balaban J connectivity index is 2.29. The number of hydrazine groups is 1. The van der Waals surface area contributed by atoms with Crippen LogP contribution in [0.15, 0.2) is 24.5 Å². The molecular weight excluding hydrogens is 230 g/mol. The SMILES string of the molecule is CC(C)C(OCCCc1ccncc1)C(=O)NN. The average Bonchev–Trinajstić information content (AvgIpc) is 2.38. The molecule has 1 aromatic rings. The molecule has 0 bridgehead atoms. The summed E-state index contributed by atoms with van der Waals surface area (Å²) in [5.74, 6) is 4.96. The fraction of sp³-hybridized carbons (Fsp3) is 0.538. The minimum atomic E-state index is -0.479. The van der Waals surface area contributed by atoms with Crippen molar-refractivity contribution in [3.63, 3.8) is 0 Å². The monoisotopic (exact) mass is 251 g/mol. The lowest BCUT2D eigenvalue weighted by molar-refractivity contribution is -0.135. The van der Waals surface area contributed by atoms with E-state index in [-0.39, 0.29) is 11.8 Å². The second-order valence-electron chi connectivity index (χ2n) is 4.50. The van der Waals surface area contributed by atoms with Crippen LogP contribution in [0.5, 0.6) is 0 Å². The normalized spacial score (nSPS) is 12.4. The zero-order valence-corrected chi connectivity index (χ0v) is 10.9. The molecule has 0 aliphatic rings. The highest BCUT2D eigenvalue weighted by Gasteiger charge is 2.21. The topological polar surface area (TPSA) is 77.2 Å². The fourth-order valence-corrected chi connectivity index (χ4v) is 1.69. The number of hydrogen-bond donors (Lipinski definition) is 2. The van der Waals surface area contributed by atoms with Gasteiger partial charge < -0.3 is 4.74 Å². The number of hydrogen-bond acceptors (Lipinski definition) is 4. The molecule has 1 rings (SSSR count). The van der Waals surface area contributed by atoms with Crippen molar-refractivity contribution in [1.29, 1.82) is 0 Å². The summed E-state index contributed by atoms with van der Waals surface area (Å²) in [5.41, 5.74) is 3.35. The van der Waals surface area contributed by atoms with Crippen molar-refractivity contribution in [3.05, 3.63) is 30.1 Å². The van der Waals surface area contributed by atoms with Crippen LogP contribution >= 0.6 is 0 Å². The van der Waals surface area contributed by atoms with Crippen LogP contribution in [0.3, 0.4) is 0 Å². The Morgan fingerprint density at radius 2 is 2.11 bits per heavy atom. The summed E-state index contributed by atoms with van der Waals surface area (Å²) in [6.07, 6.45) is 4.85. The first-order valence-corrected chi connectivity index (χ1v) is 6.16. The van der Waals surface area contributed by atoms with Crippen LogP contribution in [-0.4, -0.2) is 23.6 Å². The number of amides is 1. The number of carbonyl (C=O) groups excluding carboxylic acids is 1. The summed E-state index contributed by atoms with van der Waals surface area (Å²) in [6, 6.07) is 3.96. The molecule has 18 heavy (non-hydrogen) atoms. The molecule has 1 heterocycles. The van der Waals surface area contributed by atoms with Crippen molar-refractivity contribution in [3.8, 4) is 0 Å². The van der Waals surface area contributed by atoms with E-state index in [1.807, 2.05) is 26.0 Å². The van der Waals surface area contributed by atoms with Crippen molar-refractivity contribution in [2.45, 2.75) is 32.8 Å². The van der Waals surface area contributed by atoms with Crippen LogP contribution in [0.25, 0.3) is 0 Å². The molecule has 5 nitrogen and oxygen atoms in total. The first kappa shape index (κ1) is 14.6. The quantitative estimate of drug-likeness (QED) is 0.328. The molecule has 100 valence electrons. The molecule has 1 aromatic heterocycles. The third kappa shape index (κ3) is 4.81. The molecule has 3 N–H and O–H groups in total.